The molecule has 0 saturated carbocycles. The van der Waals surface area contributed by atoms with E-state index >= 15 is 0 Å². The third-order valence-corrected chi connectivity index (χ3v) is 5.83. The zero-order valence-electron chi connectivity index (χ0n) is 15.8. The van der Waals surface area contributed by atoms with E-state index in [0.717, 1.165) is 15.9 Å². The predicted molar refractivity (Wildman–Crippen MR) is 120 cm³/mol. The Balaban J connectivity index is 1.66. The highest BCUT2D eigenvalue weighted by atomic mass is 79.9. The second-order valence-corrected chi connectivity index (χ2v) is 8.43. The molecule has 2 aromatic carbocycles. The first-order valence-electron chi connectivity index (χ1n) is 8.89. The van der Waals surface area contributed by atoms with E-state index in [1.54, 1.807) is 19.2 Å². The Morgan fingerprint density at radius 2 is 2.03 bits per heavy atom. The van der Waals surface area contributed by atoms with Gasteiger partial charge in [0.1, 0.15) is 5.82 Å². The molecule has 1 N–H and O–H groups in total. The van der Waals surface area contributed by atoms with Gasteiger partial charge in [-0.3, -0.25) is 4.79 Å². The van der Waals surface area contributed by atoms with E-state index in [9.17, 15) is 4.79 Å². The lowest BCUT2D eigenvalue weighted by atomic mass is 10.1. The molecular formula is C20H20BrClN4O2S. The summed E-state index contributed by atoms with van der Waals surface area (Å²) in [7, 11) is 1.66. The summed E-state index contributed by atoms with van der Waals surface area (Å²) >= 11 is 10.8. The predicted octanol–water partition coefficient (Wildman–Crippen LogP) is 4.66. The number of rotatable bonds is 9. The number of hydrogen-bond acceptors (Lipinski definition) is 5. The standard InChI is InChI=1S/C20H20BrClN4O2S/c1-28-10-9-26-18(11-14-5-3-2-4-6-14)24-25-20(26)29-13-19(27)23-17-8-7-15(21)12-16(17)22/h2-8,12H,9-11,13H2,1H3,(H,23,27). The lowest BCUT2D eigenvalue weighted by Crippen LogP contribution is -2.15. The van der Waals surface area contributed by atoms with Crippen LogP contribution in [0.2, 0.25) is 5.02 Å². The highest BCUT2D eigenvalue weighted by molar-refractivity contribution is 9.10. The molecule has 0 aliphatic rings. The van der Waals surface area contributed by atoms with Gasteiger partial charge in [-0.15, -0.1) is 10.2 Å². The van der Waals surface area contributed by atoms with E-state index in [0.29, 0.717) is 35.4 Å². The van der Waals surface area contributed by atoms with E-state index in [1.165, 1.54) is 11.8 Å². The van der Waals surface area contributed by atoms with Crippen LogP contribution in [0.15, 0.2) is 58.2 Å². The van der Waals surface area contributed by atoms with Crippen LogP contribution in [0.5, 0.6) is 0 Å². The summed E-state index contributed by atoms with van der Waals surface area (Å²) in [5.74, 6) is 0.875. The molecule has 0 fully saturated rings. The number of carbonyl (C=O) groups excluding carboxylic acids is 1. The number of hydrogen-bond donors (Lipinski definition) is 1. The molecule has 1 heterocycles. The summed E-state index contributed by atoms with van der Waals surface area (Å²) in [5.41, 5.74) is 1.73. The summed E-state index contributed by atoms with van der Waals surface area (Å²) in [6, 6.07) is 15.4. The van der Waals surface area contributed by atoms with Gasteiger partial charge in [0.2, 0.25) is 5.91 Å². The molecule has 152 valence electrons. The molecule has 1 amide bonds. The first-order chi connectivity index (χ1) is 14.1. The van der Waals surface area contributed by atoms with Crippen molar-refractivity contribution < 1.29 is 9.53 Å². The molecule has 0 radical (unpaired) electrons. The van der Waals surface area contributed by atoms with Crippen LogP contribution in [0, 0.1) is 0 Å². The van der Waals surface area contributed by atoms with Crippen LogP contribution in [0.4, 0.5) is 5.69 Å². The minimum Gasteiger partial charge on any atom is -0.383 e. The Kier molecular flexibility index (Phi) is 8.11. The zero-order valence-corrected chi connectivity index (χ0v) is 18.9. The monoisotopic (exact) mass is 494 g/mol. The molecule has 1 aromatic heterocycles. The minimum atomic E-state index is -0.162. The minimum absolute atomic E-state index is 0.162. The average Bonchev–Trinajstić information content (AvgIpc) is 3.09. The number of carbonyl (C=O) groups is 1. The SMILES string of the molecule is COCCn1c(Cc2ccccc2)nnc1SCC(=O)Nc1ccc(Br)cc1Cl. The normalized spacial score (nSPS) is 10.9. The maximum absolute atomic E-state index is 12.4. The van der Waals surface area contributed by atoms with Gasteiger partial charge in [-0.2, -0.15) is 0 Å². The number of thioether (sulfide) groups is 1. The fraction of sp³-hybridized carbons (Fsp3) is 0.250. The molecule has 9 heteroatoms. The van der Waals surface area contributed by atoms with E-state index in [2.05, 4.69) is 43.6 Å². The molecule has 0 aliphatic heterocycles. The third-order valence-electron chi connectivity index (χ3n) is 4.06. The number of nitrogens with one attached hydrogen (secondary N) is 1. The number of anilines is 1. The molecule has 0 spiro atoms. The molecule has 3 rings (SSSR count). The summed E-state index contributed by atoms with van der Waals surface area (Å²) in [4.78, 5) is 12.4. The zero-order chi connectivity index (χ0) is 20.6. The van der Waals surface area contributed by atoms with Crippen LogP contribution in [-0.4, -0.2) is 40.1 Å². The molecule has 6 nitrogen and oxygen atoms in total. The largest absolute Gasteiger partial charge is 0.383 e. The van der Waals surface area contributed by atoms with Gasteiger partial charge in [0.05, 0.1) is 23.1 Å². The van der Waals surface area contributed by atoms with Crippen LogP contribution in [0.25, 0.3) is 0 Å². The van der Waals surface area contributed by atoms with Gasteiger partial charge < -0.3 is 14.6 Å². The maximum Gasteiger partial charge on any atom is 0.234 e. The van der Waals surface area contributed by atoms with E-state index in [-0.39, 0.29) is 11.7 Å². The highest BCUT2D eigenvalue weighted by Gasteiger charge is 2.15. The van der Waals surface area contributed by atoms with E-state index in [1.807, 2.05) is 28.8 Å². The van der Waals surface area contributed by atoms with Crippen molar-refractivity contribution in [3.63, 3.8) is 0 Å². The molecule has 0 atom stereocenters. The Bertz CT molecular complexity index is 968. The fourth-order valence-electron chi connectivity index (χ4n) is 2.65. The lowest BCUT2D eigenvalue weighted by molar-refractivity contribution is -0.113. The highest BCUT2D eigenvalue weighted by Crippen LogP contribution is 2.26. The van der Waals surface area contributed by atoms with Gasteiger partial charge in [-0.05, 0) is 23.8 Å². The lowest BCUT2D eigenvalue weighted by Gasteiger charge is -2.10. The topological polar surface area (TPSA) is 69.0 Å². The van der Waals surface area contributed by atoms with Gasteiger partial charge >= 0.3 is 0 Å². The fourth-order valence-corrected chi connectivity index (χ4v) is 4.15. The van der Waals surface area contributed by atoms with Gasteiger partial charge in [0.25, 0.3) is 0 Å². The van der Waals surface area contributed by atoms with Crippen LogP contribution >= 0.6 is 39.3 Å². The van der Waals surface area contributed by atoms with Crippen molar-refractivity contribution in [3.05, 3.63) is 69.4 Å². The number of halogens is 2. The molecule has 0 unspecified atom stereocenters. The smallest absolute Gasteiger partial charge is 0.234 e. The van der Waals surface area contributed by atoms with Crippen molar-refractivity contribution in [2.45, 2.75) is 18.1 Å². The van der Waals surface area contributed by atoms with Gasteiger partial charge in [0.15, 0.2) is 5.16 Å². The third kappa shape index (κ3) is 6.30. The Labute approximate surface area is 187 Å². The van der Waals surface area contributed by atoms with E-state index in [4.69, 9.17) is 16.3 Å². The summed E-state index contributed by atoms with van der Waals surface area (Å²) < 4.78 is 8.07. The first kappa shape index (κ1) is 21.8. The van der Waals surface area contributed by atoms with Crippen LogP contribution in [0.1, 0.15) is 11.4 Å². The first-order valence-corrected chi connectivity index (χ1v) is 11.0. The van der Waals surface area contributed by atoms with Crippen molar-refractivity contribution in [3.8, 4) is 0 Å². The molecule has 0 bridgehead atoms. The molecule has 0 saturated heterocycles. The molecule has 29 heavy (non-hydrogen) atoms. The Morgan fingerprint density at radius 3 is 2.76 bits per heavy atom. The number of aromatic nitrogens is 3. The summed E-state index contributed by atoms with van der Waals surface area (Å²) in [6.45, 7) is 1.16. The Hall–Kier alpha value is -1.87. The molecular weight excluding hydrogens is 476 g/mol. The quantitative estimate of drug-likeness (QED) is 0.437. The van der Waals surface area contributed by atoms with Crippen molar-refractivity contribution in [1.29, 1.82) is 0 Å². The van der Waals surface area contributed by atoms with E-state index < -0.39 is 0 Å². The number of ether oxygens (including phenoxy) is 1. The number of nitrogens with zero attached hydrogens (tertiary/aromatic N) is 3. The summed E-state index contributed by atoms with van der Waals surface area (Å²) in [6.07, 6.45) is 0.665. The van der Waals surface area contributed by atoms with Crippen molar-refractivity contribution in [1.82, 2.24) is 14.8 Å². The Morgan fingerprint density at radius 1 is 1.24 bits per heavy atom. The van der Waals surface area contributed by atoms with Crippen molar-refractivity contribution >= 4 is 50.9 Å². The molecule has 0 aliphatic carbocycles. The second kappa shape index (κ2) is 10.8. The van der Waals surface area contributed by atoms with Gasteiger partial charge in [-0.25, -0.2) is 0 Å². The molecule has 3 aromatic rings. The van der Waals surface area contributed by atoms with Crippen LogP contribution < -0.4 is 5.32 Å². The summed E-state index contributed by atoms with van der Waals surface area (Å²) in [5, 5.41) is 12.6. The van der Waals surface area contributed by atoms with Crippen molar-refractivity contribution in [2.24, 2.45) is 0 Å². The van der Waals surface area contributed by atoms with Crippen molar-refractivity contribution in [2.75, 3.05) is 24.8 Å². The second-order valence-electron chi connectivity index (χ2n) is 6.17. The average molecular weight is 496 g/mol. The van der Waals surface area contributed by atoms with Crippen LogP contribution in [0.3, 0.4) is 0 Å². The maximum atomic E-state index is 12.4. The van der Waals surface area contributed by atoms with Gasteiger partial charge in [0, 0.05) is 24.5 Å². The number of methoxy groups -OCH3 is 1. The number of amides is 1. The van der Waals surface area contributed by atoms with Crippen LogP contribution in [-0.2, 0) is 22.5 Å². The van der Waals surface area contributed by atoms with Gasteiger partial charge in [-0.1, -0.05) is 69.6 Å². The number of benzene rings is 2.